The molecule has 1 aromatic carbocycles. The largest absolute Gasteiger partial charge is 0.496 e. The van der Waals surface area contributed by atoms with Gasteiger partial charge in [0.15, 0.2) is 5.82 Å². The average molecular weight is 275 g/mol. The summed E-state index contributed by atoms with van der Waals surface area (Å²) in [6.45, 7) is 4.45. The summed E-state index contributed by atoms with van der Waals surface area (Å²) in [7, 11) is 1.60. The minimum Gasteiger partial charge on any atom is -0.496 e. The van der Waals surface area contributed by atoms with Crippen LogP contribution in [0, 0.1) is 0 Å². The van der Waals surface area contributed by atoms with E-state index < -0.39 is 6.10 Å². The first-order valence-corrected chi connectivity index (χ1v) is 6.93. The fourth-order valence-electron chi connectivity index (χ4n) is 2.19. The van der Waals surface area contributed by atoms with Crippen molar-refractivity contribution >= 4 is 0 Å². The number of ether oxygens (including phenoxy) is 1. The van der Waals surface area contributed by atoms with Gasteiger partial charge in [-0.15, -0.1) is 0 Å². The van der Waals surface area contributed by atoms with E-state index in [2.05, 4.69) is 10.1 Å². The first kappa shape index (κ1) is 14.5. The van der Waals surface area contributed by atoms with E-state index in [1.165, 1.54) is 0 Å². The summed E-state index contributed by atoms with van der Waals surface area (Å²) in [5.74, 6) is 2.40. The number of methoxy groups -OCH3 is 1. The molecular weight excluding hydrogens is 254 g/mol. The van der Waals surface area contributed by atoms with Crippen LogP contribution in [0.5, 0.6) is 5.75 Å². The first-order valence-electron chi connectivity index (χ1n) is 6.93. The summed E-state index contributed by atoms with van der Waals surface area (Å²) in [6.07, 6.45) is 0.930. The van der Waals surface area contributed by atoms with Gasteiger partial charge in [0.05, 0.1) is 13.7 Å². The number of hydrogen-bond acceptors (Lipinski definition) is 4. The maximum atomic E-state index is 10.4. The third-order valence-corrected chi connectivity index (χ3v) is 3.27. The summed E-state index contributed by atoms with van der Waals surface area (Å²) in [5, 5.41) is 14.8. The summed E-state index contributed by atoms with van der Waals surface area (Å²) in [4.78, 5) is 4.45. The van der Waals surface area contributed by atoms with Crippen LogP contribution in [0.3, 0.4) is 0 Å². The Labute approximate surface area is 119 Å². The van der Waals surface area contributed by atoms with Gasteiger partial charge in [-0.1, -0.05) is 32.0 Å². The van der Waals surface area contributed by atoms with Gasteiger partial charge in [-0.05, 0) is 6.07 Å². The second kappa shape index (κ2) is 6.52. The van der Waals surface area contributed by atoms with E-state index in [0.29, 0.717) is 12.3 Å². The van der Waals surface area contributed by atoms with E-state index in [1.807, 2.05) is 38.1 Å². The Morgan fingerprint density at radius 2 is 2.00 bits per heavy atom. The third kappa shape index (κ3) is 2.99. The summed E-state index contributed by atoms with van der Waals surface area (Å²) in [5.41, 5.74) is 0.769. The molecule has 0 amide bonds. The minimum absolute atomic E-state index is 0.385. The number of benzene rings is 1. The van der Waals surface area contributed by atoms with Crippen LogP contribution in [-0.2, 0) is 19.4 Å². The highest BCUT2D eigenvalue weighted by molar-refractivity contribution is 5.34. The minimum atomic E-state index is -0.664. The molecule has 0 saturated carbocycles. The molecule has 108 valence electrons. The highest BCUT2D eigenvalue weighted by atomic mass is 16.5. The normalized spacial score (nSPS) is 12.4. The molecule has 0 aliphatic heterocycles. The SMILES string of the molecule is CCc1nc(CC)n(CC(O)c2ccccc2OC)n1. The predicted molar refractivity (Wildman–Crippen MR) is 76.7 cm³/mol. The van der Waals surface area contributed by atoms with E-state index >= 15 is 0 Å². The van der Waals surface area contributed by atoms with Gasteiger partial charge in [-0.2, -0.15) is 5.10 Å². The smallest absolute Gasteiger partial charge is 0.150 e. The molecule has 20 heavy (non-hydrogen) atoms. The average Bonchev–Trinajstić information content (AvgIpc) is 2.89. The van der Waals surface area contributed by atoms with Crippen molar-refractivity contribution in [2.75, 3.05) is 7.11 Å². The van der Waals surface area contributed by atoms with Gasteiger partial charge in [0.2, 0.25) is 0 Å². The van der Waals surface area contributed by atoms with Crippen LogP contribution in [0.25, 0.3) is 0 Å². The molecule has 0 aliphatic rings. The summed E-state index contributed by atoms with van der Waals surface area (Å²) >= 11 is 0. The number of nitrogens with zero attached hydrogens (tertiary/aromatic N) is 3. The van der Waals surface area contributed by atoms with Gasteiger partial charge in [0.25, 0.3) is 0 Å². The first-order chi connectivity index (χ1) is 9.69. The van der Waals surface area contributed by atoms with Crippen LogP contribution in [0.2, 0.25) is 0 Å². The Kier molecular flexibility index (Phi) is 4.74. The standard InChI is InChI=1S/C15H21N3O2/c1-4-14-16-15(5-2)18(17-14)10-12(19)11-8-6-7-9-13(11)20-3/h6-9,12,19H,4-5,10H2,1-3H3. The Balaban J connectivity index is 2.22. The maximum absolute atomic E-state index is 10.4. The Morgan fingerprint density at radius 1 is 1.25 bits per heavy atom. The molecule has 1 aromatic heterocycles. The Bertz CT molecular complexity index is 566. The Hall–Kier alpha value is -1.88. The van der Waals surface area contributed by atoms with E-state index in [-0.39, 0.29) is 0 Å². The van der Waals surface area contributed by atoms with Crippen molar-refractivity contribution in [3.8, 4) is 5.75 Å². The molecule has 5 nitrogen and oxygen atoms in total. The molecule has 0 aliphatic carbocycles. The van der Waals surface area contributed by atoms with Crippen molar-refractivity contribution in [2.24, 2.45) is 0 Å². The summed E-state index contributed by atoms with van der Waals surface area (Å²) in [6, 6.07) is 7.49. The lowest BCUT2D eigenvalue weighted by Gasteiger charge is -2.15. The van der Waals surface area contributed by atoms with Crippen LogP contribution in [0.4, 0.5) is 0 Å². The second-order valence-corrected chi connectivity index (χ2v) is 4.59. The highest BCUT2D eigenvalue weighted by Gasteiger charge is 2.16. The van der Waals surface area contributed by atoms with Gasteiger partial charge in [0.1, 0.15) is 17.7 Å². The van der Waals surface area contributed by atoms with Crippen molar-refractivity contribution in [1.82, 2.24) is 14.8 Å². The number of para-hydroxylation sites is 1. The predicted octanol–water partition coefficient (Wildman–Crippen LogP) is 2.15. The lowest BCUT2D eigenvalue weighted by atomic mass is 10.1. The highest BCUT2D eigenvalue weighted by Crippen LogP contribution is 2.25. The molecule has 2 rings (SSSR count). The van der Waals surface area contributed by atoms with Gasteiger partial charge < -0.3 is 9.84 Å². The molecule has 1 unspecified atom stereocenters. The maximum Gasteiger partial charge on any atom is 0.150 e. The molecule has 0 saturated heterocycles. The molecule has 5 heteroatoms. The monoisotopic (exact) mass is 275 g/mol. The number of aromatic nitrogens is 3. The molecule has 1 N–H and O–H groups in total. The van der Waals surface area contributed by atoms with Crippen LogP contribution >= 0.6 is 0 Å². The van der Waals surface area contributed by atoms with Crippen molar-refractivity contribution in [2.45, 2.75) is 39.3 Å². The van der Waals surface area contributed by atoms with E-state index in [4.69, 9.17) is 4.74 Å². The number of aliphatic hydroxyl groups is 1. The van der Waals surface area contributed by atoms with Crippen molar-refractivity contribution in [3.63, 3.8) is 0 Å². The van der Waals surface area contributed by atoms with Gasteiger partial charge in [-0.3, -0.25) is 0 Å². The molecular formula is C15H21N3O2. The van der Waals surface area contributed by atoms with Gasteiger partial charge in [-0.25, -0.2) is 9.67 Å². The van der Waals surface area contributed by atoms with Gasteiger partial charge in [0, 0.05) is 18.4 Å². The Morgan fingerprint density at radius 3 is 2.65 bits per heavy atom. The lowest BCUT2D eigenvalue weighted by Crippen LogP contribution is -2.13. The lowest BCUT2D eigenvalue weighted by molar-refractivity contribution is 0.146. The van der Waals surface area contributed by atoms with Crippen LogP contribution in [0.15, 0.2) is 24.3 Å². The van der Waals surface area contributed by atoms with E-state index in [9.17, 15) is 5.11 Å². The van der Waals surface area contributed by atoms with Crippen molar-refractivity contribution in [3.05, 3.63) is 41.5 Å². The van der Waals surface area contributed by atoms with E-state index in [0.717, 1.165) is 30.1 Å². The van der Waals surface area contributed by atoms with Crippen molar-refractivity contribution in [1.29, 1.82) is 0 Å². The number of rotatable bonds is 6. The fraction of sp³-hybridized carbons (Fsp3) is 0.467. The third-order valence-electron chi connectivity index (χ3n) is 3.27. The quantitative estimate of drug-likeness (QED) is 0.877. The number of hydrogen-bond donors (Lipinski definition) is 1. The topological polar surface area (TPSA) is 60.2 Å². The molecule has 2 aromatic rings. The zero-order valence-electron chi connectivity index (χ0n) is 12.2. The molecule has 0 spiro atoms. The van der Waals surface area contributed by atoms with Crippen LogP contribution < -0.4 is 4.74 Å². The number of aryl methyl sites for hydroxylation is 2. The molecule has 1 atom stereocenters. The van der Waals surface area contributed by atoms with Crippen LogP contribution in [-0.4, -0.2) is 27.0 Å². The molecule has 0 bridgehead atoms. The second-order valence-electron chi connectivity index (χ2n) is 4.59. The zero-order chi connectivity index (χ0) is 14.5. The molecule has 0 radical (unpaired) electrons. The van der Waals surface area contributed by atoms with E-state index in [1.54, 1.807) is 11.8 Å². The van der Waals surface area contributed by atoms with Crippen molar-refractivity contribution < 1.29 is 9.84 Å². The van der Waals surface area contributed by atoms with Crippen LogP contribution in [0.1, 0.15) is 37.2 Å². The zero-order valence-corrected chi connectivity index (χ0v) is 12.2. The fourth-order valence-corrected chi connectivity index (χ4v) is 2.19. The molecule has 1 heterocycles. The van der Waals surface area contributed by atoms with Gasteiger partial charge >= 0.3 is 0 Å². The summed E-state index contributed by atoms with van der Waals surface area (Å²) < 4.78 is 7.07. The number of aliphatic hydroxyl groups excluding tert-OH is 1. The molecule has 0 fully saturated rings.